The quantitative estimate of drug-likeness (QED) is 0.552. The number of ether oxygens (including phenoxy) is 3. The molecule has 1 aromatic carbocycles. The fourth-order valence-electron chi connectivity index (χ4n) is 3.52. The van der Waals surface area contributed by atoms with Gasteiger partial charge in [-0.2, -0.15) is 0 Å². The number of nitrogens with zero attached hydrogens (tertiary/aromatic N) is 4. The summed E-state index contributed by atoms with van der Waals surface area (Å²) in [6.07, 6.45) is 1.63. The Labute approximate surface area is 190 Å². The number of morpholine rings is 1. The standard InChI is InChI=1S/C22H27N5O4S/c1-26(8-11-29-2)18-14-15(6-7-23-18)21(28)25-22-24-19-17(30-3)5-4-16(20(19)32-22)27-9-12-31-13-10-27/h4-7,14H,8-13H2,1-3H3,(H,24,25,28). The lowest BCUT2D eigenvalue weighted by atomic mass is 10.2. The maximum Gasteiger partial charge on any atom is 0.257 e. The van der Waals surface area contributed by atoms with Crippen molar-refractivity contribution < 1.29 is 19.0 Å². The molecule has 0 atom stereocenters. The first-order chi connectivity index (χ1) is 15.6. The van der Waals surface area contributed by atoms with Crippen LogP contribution in [0.2, 0.25) is 0 Å². The van der Waals surface area contributed by atoms with E-state index in [2.05, 4.69) is 20.2 Å². The van der Waals surface area contributed by atoms with Crippen LogP contribution >= 0.6 is 11.3 Å². The van der Waals surface area contributed by atoms with Gasteiger partial charge in [0.2, 0.25) is 0 Å². The summed E-state index contributed by atoms with van der Waals surface area (Å²) in [5.74, 6) is 1.15. The number of hydrogen-bond acceptors (Lipinski definition) is 9. The van der Waals surface area contributed by atoms with Crippen molar-refractivity contribution in [2.75, 3.05) is 75.8 Å². The van der Waals surface area contributed by atoms with E-state index in [9.17, 15) is 4.79 Å². The molecule has 4 rings (SSSR count). The van der Waals surface area contributed by atoms with E-state index in [1.54, 1.807) is 32.5 Å². The van der Waals surface area contributed by atoms with Gasteiger partial charge in [-0.05, 0) is 24.3 Å². The molecule has 0 unspecified atom stereocenters. The predicted molar refractivity (Wildman–Crippen MR) is 127 cm³/mol. The van der Waals surface area contributed by atoms with Crippen LogP contribution in [-0.2, 0) is 9.47 Å². The second kappa shape index (κ2) is 10.1. The van der Waals surface area contributed by atoms with E-state index < -0.39 is 0 Å². The van der Waals surface area contributed by atoms with E-state index in [1.807, 2.05) is 24.1 Å². The van der Waals surface area contributed by atoms with Crippen molar-refractivity contribution in [2.45, 2.75) is 0 Å². The number of nitrogens with one attached hydrogen (secondary N) is 1. The molecule has 1 amide bonds. The third-order valence-electron chi connectivity index (χ3n) is 5.31. The van der Waals surface area contributed by atoms with E-state index in [-0.39, 0.29) is 5.91 Å². The Bertz CT molecular complexity index is 1080. The van der Waals surface area contributed by atoms with Gasteiger partial charge in [-0.1, -0.05) is 11.3 Å². The molecule has 1 saturated heterocycles. The van der Waals surface area contributed by atoms with Crippen molar-refractivity contribution in [1.82, 2.24) is 9.97 Å². The highest BCUT2D eigenvalue weighted by atomic mass is 32.1. The highest BCUT2D eigenvalue weighted by Gasteiger charge is 2.20. The number of amides is 1. The average Bonchev–Trinajstić information content (AvgIpc) is 3.26. The molecular formula is C22H27N5O4S. The maximum atomic E-state index is 12.9. The normalized spacial score (nSPS) is 13.9. The zero-order chi connectivity index (χ0) is 22.5. The molecule has 32 heavy (non-hydrogen) atoms. The molecule has 0 bridgehead atoms. The first kappa shape index (κ1) is 22.3. The number of methoxy groups -OCH3 is 2. The summed E-state index contributed by atoms with van der Waals surface area (Å²) in [7, 11) is 5.19. The van der Waals surface area contributed by atoms with E-state index in [0.29, 0.717) is 48.6 Å². The number of rotatable bonds is 8. The van der Waals surface area contributed by atoms with E-state index in [4.69, 9.17) is 14.2 Å². The van der Waals surface area contributed by atoms with Gasteiger partial charge in [0, 0.05) is 45.6 Å². The van der Waals surface area contributed by atoms with Crippen molar-refractivity contribution >= 4 is 44.1 Å². The van der Waals surface area contributed by atoms with Crippen LogP contribution in [0.25, 0.3) is 10.2 Å². The highest BCUT2D eigenvalue weighted by Crippen LogP contribution is 2.39. The number of carbonyl (C=O) groups excluding carboxylic acids is 1. The van der Waals surface area contributed by atoms with Gasteiger partial charge in [-0.15, -0.1) is 0 Å². The van der Waals surface area contributed by atoms with Gasteiger partial charge in [0.25, 0.3) is 5.91 Å². The Kier molecular flexibility index (Phi) is 7.03. The number of hydrogen-bond donors (Lipinski definition) is 1. The van der Waals surface area contributed by atoms with Crippen LogP contribution in [0.3, 0.4) is 0 Å². The summed E-state index contributed by atoms with van der Waals surface area (Å²) in [6.45, 7) is 4.28. The van der Waals surface area contributed by atoms with Crippen molar-refractivity contribution in [3.8, 4) is 5.75 Å². The molecule has 0 radical (unpaired) electrons. The highest BCUT2D eigenvalue weighted by molar-refractivity contribution is 7.23. The van der Waals surface area contributed by atoms with Gasteiger partial charge in [-0.3, -0.25) is 10.1 Å². The molecule has 0 spiro atoms. The van der Waals surface area contributed by atoms with E-state index >= 15 is 0 Å². The molecule has 3 aromatic rings. The number of carbonyl (C=O) groups is 1. The smallest absolute Gasteiger partial charge is 0.257 e. The van der Waals surface area contributed by atoms with Crippen molar-refractivity contribution in [3.63, 3.8) is 0 Å². The summed E-state index contributed by atoms with van der Waals surface area (Å²) >= 11 is 1.44. The second-order valence-corrected chi connectivity index (χ2v) is 8.35. The number of anilines is 3. The molecule has 3 heterocycles. The van der Waals surface area contributed by atoms with E-state index in [1.165, 1.54) is 11.3 Å². The molecule has 9 nitrogen and oxygen atoms in total. The monoisotopic (exact) mass is 457 g/mol. The molecule has 0 aliphatic carbocycles. The summed E-state index contributed by atoms with van der Waals surface area (Å²) in [5.41, 5.74) is 2.33. The van der Waals surface area contributed by atoms with Crippen LogP contribution in [0.5, 0.6) is 5.75 Å². The largest absolute Gasteiger partial charge is 0.494 e. The van der Waals surface area contributed by atoms with Gasteiger partial charge in [0.15, 0.2) is 5.13 Å². The van der Waals surface area contributed by atoms with Crippen LogP contribution in [0.1, 0.15) is 10.4 Å². The zero-order valence-corrected chi connectivity index (χ0v) is 19.3. The summed E-state index contributed by atoms with van der Waals surface area (Å²) in [4.78, 5) is 26.2. The number of thiazole rings is 1. The number of aromatic nitrogens is 2. The Morgan fingerprint density at radius 1 is 1.28 bits per heavy atom. The summed E-state index contributed by atoms with van der Waals surface area (Å²) in [5, 5.41) is 3.46. The molecule has 170 valence electrons. The fourth-order valence-corrected chi connectivity index (χ4v) is 4.54. The lowest BCUT2D eigenvalue weighted by Crippen LogP contribution is -2.36. The minimum atomic E-state index is -0.236. The van der Waals surface area contributed by atoms with Gasteiger partial charge in [-0.25, -0.2) is 9.97 Å². The topological polar surface area (TPSA) is 89.0 Å². The molecule has 2 aromatic heterocycles. The molecular weight excluding hydrogens is 430 g/mol. The lowest BCUT2D eigenvalue weighted by Gasteiger charge is -2.29. The number of likely N-dealkylation sites (N-methyl/N-ethyl adjacent to an activating group) is 1. The number of benzene rings is 1. The minimum absolute atomic E-state index is 0.236. The Balaban J connectivity index is 1.58. The van der Waals surface area contributed by atoms with Crippen LogP contribution in [-0.4, -0.2) is 76.6 Å². The second-order valence-electron chi connectivity index (χ2n) is 7.35. The molecule has 1 aliphatic heterocycles. The van der Waals surface area contributed by atoms with Gasteiger partial charge >= 0.3 is 0 Å². The molecule has 1 fully saturated rings. The Morgan fingerprint density at radius 2 is 2.09 bits per heavy atom. The van der Waals surface area contributed by atoms with Crippen molar-refractivity contribution in [1.29, 1.82) is 0 Å². The van der Waals surface area contributed by atoms with Gasteiger partial charge in [0.05, 0.1) is 37.3 Å². The molecule has 1 N–H and O–H groups in total. The third-order valence-corrected chi connectivity index (χ3v) is 6.30. The van der Waals surface area contributed by atoms with Crippen molar-refractivity contribution in [2.24, 2.45) is 0 Å². The average molecular weight is 458 g/mol. The van der Waals surface area contributed by atoms with Crippen LogP contribution < -0.4 is 19.9 Å². The molecule has 10 heteroatoms. The number of fused-ring (bicyclic) bond motifs is 1. The first-order valence-corrected chi connectivity index (χ1v) is 11.2. The summed E-state index contributed by atoms with van der Waals surface area (Å²) < 4.78 is 17.1. The predicted octanol–water partition coefficient (Wildman–Crippen LogP) is 2.87. The van der Waals surface area contributed by atoms with E-state index in [0.717, 1.165) is 29.0 Å². The first-order valence-electron chi connectivity index (χ1n) is 10.4. The van der Waals surface area contributed by atoms with Crippen LogP contribution in [0, 0.1) is 0 Å². The maximum absolute atomic E-state index is 12.9. The lowest BCUT2D eigenvalue weighted by molar-refractivity contribution is 0.102. The van der Waals surface area contributed by atoms with Gasteiger partial charge in [0.1, 0.15) is 17.1 Å². The molecule has 0 saturated carbocycles. The summed E-state index contributed by atoms with van der Waals surface area (Å²) in [6, 6.07) is 7.42. The van der Waals surface area contributed by atoms with Crippen LogP contribution in [0.15, 0.2) is 30.5 Å². The SMILES string of the molecule is COCCN(C)c1cc(C(=O)Nc2nc3c(OC)ccc(N4CCOCC4)c3s2)ccn1. The third kappa shape index (κ3) is 4.77. The van der Waals surface area contributed by atoms with Crippen molar-refractivity contribution in [3.05, 3.63) is 36.0 Å². The minimum Gasteiger partial charge on any atom is -0.494 e. The van der Waals surface area contributed by atoms with Crippen LogP contribution in [0.4, 0.5) is 16.6 Å². The van der Waals surface area contributed by atoms with Gasteiger partial charge < -0.3 is 24.0 Å². The fraction of sp³-hybridized carbons (Fsp3) is 0.409. The Morgan fingerprint density at radius 3 is 2.84 bits per heavy atom. The number of pyridine rings is 1. The zero-order valence-electron chi connectivity index (χ0n) is 18.5. The molecule has 1 aliphatic rings. The Hall–Kier alpha value is -2.95.